The predicted octanol–water partition coefficient (Wildman–Crippen LogP) is 2.67. The number of carbonyl (C=O) groups is 2. The van der Waals surface area contributed by atoms with Crippen molar-refractivity contribution in [3.63, 3.8) is 0 Å². The van der Waals surface area contributed by atoms with Crippen molar-refractivity contribution in [2.75, 3.05) is 11.9 Å². The van der Waals surface area contributed by atoms with Crippen molar-refractivity contribution in [3.8, 4) is 0 Å². The third-order valence-electron chi connectivity index (χ3n) is 3.13. The fourth-order valence-electron chi connectivity index (χ4n) is 2.07. The first-order valence-corrected chi connectivity index (χ1v) is 7.89. The van der Waals surface area contributed by atoms with Crippen LogP contribution in [0.25, 0.3) is 5.65 Å². The Labute approximate surface area is 140 Å². The minimum Gasteiger partial charge on any atom is -0.462 e. The Kier molecular flexibility index (Phi) is 4.26. The number of fused-ring (bicyclic) bond motifs is 1. The minimum atomic E-state index is -0.497. The highest BCUT2D eigenvalue weighted by molar-refractivity contribution is 7.17. The predicted molar refractivity (Wildman–Crippen MR) is 85.9 cm³/mol. The maximum atomic E-state index is 13.2. The van der Waals surface area contributed by atoms with Gasteiger partial charge in [0, 0.05) is 12.4 Å². The quantitative estimate of drug-likeness (QED) is 0.733. The number of thiazole rings is 1. The number of aromatic nitrogens is 3. The Hall–Kier alpha value is -2.81. The van der Waals surface area contributed by atoms with Gasteiger partial charge in [-0.05, 0) is 26.0 Å². The molecule has 0 radical (unpaired) electrons. The zero-order chi connectivity index (χ0) is 17.3. The van der Waals surface area contributed by atoms with Gasteiger partial charge < -0.3 is 9.14 Å². The number of pyridine rings is 1. The number of ether oxygens (including phenoxy) is 1. The van der Waals surface area contributed by atoms with E-state index in [1.54, 1.807) is 13.8 Å². The number of hydrogen-bond acceptors (Lipinski definition) is 6. The molecule has 0 fully saturated rings. The number of rotatable bonds is 4. The summed E-state index contributed by atoms with van der Waals surface area (Å²) in [6.45, 7) is 3.63. The molecule has 0 saturated heterocycles. The summed E-state index contributed by atoms with van der Waals surface area (Å²) in [5.41, 5.74) is 1.04. The highest BCUT2D eigenvalue weighted by Gasteiger charge is 2.19. The summed E-state index contributed by atoms with van der Waals surface area (Å²) < 4.78 is 19.5. The van der Waals surface area contributed by atoms with E-state index >= 15 is 0 Å². The highest BCUT2D eigenvalue weighted by Crippen LogP contribution is 2.24. The van der Waals surface area contributed by atoms with Crippen LogP contribution in [0.3, 0.4) is 0 Å². The fourth-order valence-corrected chi connectivity index (χ4v) is 2.93. The summed E-state index contributed by atoms with van der Waals surface area (Å²) in [4.78, 5) is 32.6. The van der Waals surface area contributed by atoms with E-state index < -0.39 is 17.7 Å². The molecule has 0 bridgehead atoms. The lowest BCUT2D eigenvalue weighted by Gasteiger charge is -1.98. The van der Waals surface area contributed by atoms with Crippen LogP contribution in [0, 0.1) is 12.7 Å². The van der Waals surface area contributed by atoms with Crippen LogP contribution in [0.15, 0.2) is 24.5 Å². The molecule has 0 saturated carbocycles. The summed E-state index contributed by atoms with van der Waals surface area (Å²) in [5, 5.41) is 2.85. The second-order valence-electron chi connectivity index (χ2n) is 4.85. The van der Waals surface area contributed by atoms with E-state index in [0.717, 1.165) is 11.3 Å². The van der Waals surface area contributed by atoms with Gasteiger partial charge in [-0.15, -0.1) is 0 Å². The van der Waals surface area contributed by atoms with Gasteiger partial charge in [0.2, 0.25) is 0 Å². The molecule has 9 heteroatoms. The van der Waals surface area contributed by atoms with Crippen molar-refractivity contribution in [2.45, 2.75) is 13.8 Å². The molecular weight excluding hydrogens is 335 g/mol. The molecule has 0 aliphatic carbocycles. The van der Waals surface area contributed by atoms with Gasteiger partial charge in [0.05, 0.1) is 12.3 Å². The summed E-state index contributed by atoms with van der Waals surface area (Å²) in [7, 11) is 0. The lowest BCUT2D eigenvalue weighted by Crippen LogP contribution is -2.12. The lowest BCUT2D eigenvalue weighted by atomic mass is 10.4. The van der Waals surface area contributed by atoms with Crippen molar-refractivity contribution in [1.82, 2.24) is 14.4 Å². The summed E-state index contributed by atoms with van der Waals surface area (Å²) in [6, 6.07) is 2.73. The summed E-state index contributed by atoms with van der Waals surface area (Å²) >= 11 is 1.03. The van der Waals surface area contributed by atoms with Crippen LogP contribution in [0.5, 0.6) is 0 Å². The molecule has 0 aromatic carbocycles. The molecule has 1 amide bonds. The van der Waals surface area contributed by atoms with Gasteiger partial charge in [-0.3, -0.25) is 10.1 Å². The Balaban J connectivity index is 1.81. The van der Waals surface area contributed by atoms with Crippen molar-refractivity contribution in [3.05, 3.63) is 46.6 Å². The van der Waals surface area contributed by atoms with Crippen LogP contribution in [0.2, 0.25) is 0 Å². The molecule has 0 spiro atoms. The number of anilines is 1. The Morgan fingerprint density at radius 3 is 2.88 bits per heavy atom. The molecule has 0 aliphatic heterocycles. The van der Waals surface area contributed by atoms with Gasteiger partial charge in [0.1, 0.15) is 22.0 Å². The fraction of sp³-hybridized carbons (Fsp3) is 0.200. The normalized spacial score (nSPS) is 10.8. The van der Waals surface area contributed by atoms with Crippen molar-refractivity contribution in [2.24, 2.45) is 0 Å². The van der Waals surface area contributed by atoms with Crippen LogP contribution in [0.1, 0.15) is 32.8 Å². The number of esters is 1. The Morgan fingerprint density at radius 2 is 2.12 bits per heavy atom. The molecule has 0 aliphatic rings. The summed E-state index contributed by atoms with van der Waals surface area (Å²) in [6.07, 6.45) is 2.64. The minimum absolute atomic E-state index is 0.117. The zero-order valence-corrected chi connectivity index (χ0v) is 13.7. The van der Waals surface area contributed by atoms with Crippen LogP contribution in [0.4, 0.5) is 9.52 Å². The van der Waals surface area contributed by atoms with E-state index in [1.807, 2.05) is 0 Å². The molecule has 7 nitrogen and oxygen atoms in total. The number of nitrogens with zero attached hydrogens (tertiary/aromatic N) is 3. The van der Waals surface area contributed by atoms with Crippen molar-refractivity contribution < 1.29 is 18.7 Å². The number of aryl methyl sites for hydroxylation is 1. The third kappa shape index (κ3) is 3.11. The maximum Gasteiger partial charge on any atom is 0.350 e. The molecular formula is C15H13FN4O3S. The number of halogens is 1. The number of nitrogens with one attached hydrogen (secondary N) is 1. The van der Waals surface area contributed by atoms with Crippen LogP contribution >= 0.6 is 11.3 Å². The van der Waals surface area contributed by atoms with Gasteiger partial charge in [0.15, 0.2) is 5.13 Å². The van der Waals surface area contributed by atoms with E-state index in [1.165, 1.54) is 28.9 Å². The first kappa shape index (κ1) is 16.1. The van der Waals surface area contributed by atoms with Gasteiger partial charge in [0.25, 0.3) is 5.91 Å². The smallest absolute Gasteiger partial charge is 0.350 e. The van der Waals surface area contributed by atoms with E-state index in [9.17, 15) is 14.0 Å². The second-order valence-corrected chi connectivity index (χ2v) is 5.85. The number of amides is 1. The number of carbonyl (C=O) groups excluding carboxylic acids is 2. The number of imidazole rings is 1. The first-order chi connectivity index (χ1) is 11.5. The third-order valence-corrected chi connectivity index (χ3v) is 4.18. The van der Waals surface area contributed by atoms with Gasteiger partial charge in [-0.2, -0.15) is 0 Å². The highest BCUT2D eigenvalue weighted by atomic mass is 32.1. The first-order valence-electron chi connectivity index (χ1n) is 7.08. The molecule has 3 heterocycles. The lowest BCUT2D eigenvalue weighted by molar-refractivity contribution is 0.0531. The SMILES string of the molecule is CCOC(=O)c1sc(NC(=O)c2cn3cc(F)ccc3n2)nc1C. The Morgan fingerprint density at radius 1 is 1.33 bits per heavy atom. The standard InChI is InChI=1S/C15H13FN4O3S/c1-3-23-14(22)12-8(2)17-15(24-12)19-13(21)10-7-20-6-9(16)4-5-11(20)18-10/h4-7H,3H2,1-2H3,(H,17,19,21). The summed E-state index contributed by atoms with van der Waals surface area (Å²) in [5.74, 6) is -1.40. The Bertz CT molecular complexity index is 934. The average Bonchev–Trinajstić information content (AvgIpc) is 3.10. The van der Waals surface area contributed by atoms with Crippen LogP contribution in [-0.2, 0) is 4.74 Å². The van der Waals surface area contributed by atoms with Crippen LogP contribution < -0.4 is 5.32 Å². The van der Waals surface area contributed by atoms with Crippen molar-refractivity contribution in [1.29, 1.82) is 0 Å². The van der Waals surface area contributed by atoms with Gasteiger partial charge in [-0.25, -0.2) is 19.2 Å². The van der Waals surface area contributed by atoms with E-state index in [4.69, 9.17) is 4.74 Å². The molecule has 124 valence electrons. The number of hydrogen-bond donors (Lipinski definition) is 1. The molecule has 3 aromatic rings. The molecule has 24 heavy (non-hydrogen) atoms. The van der Waals surface area contributed by atoms with Crippen LogP contribution in [-0.4, -0.2) is 32.9 Å². The van der Waals surface area contributed by atoms with Crippen molar-refractivity contribution >= 4 is 34.0 Å². The monoisotopic (exact) mass is 348 g/mol. The molecule has 0 unspecified atom stereocenters. The molecule has 0 atom stereocenters. The molecule has 3 rings (SSSR count). The van der Waals surface area contributed by atoms with E-state index in [-0.39, 0.29) is 17.4 Å². The maximum absolute atomic E-state index is 13.2. The van der Waals surface area contributed by atoms with Gasteiger partial charge in [-0.1, -0.05) is 11.3 Å². The average molecular weight is 348 g/mol. The molecule has 1 N–H and O–H groups in total. The van der Waals surface area contributed by atoms with Gasteiger partial charge >= 0.3 is 5.97 Å². The van der Waals surface area contributed by atoms with E-state index in [2.05, 4.69) is 15.3 Å². The molecule has 3 aromatic heterocycles. The van der Waals surface area contributed by atoms with E-state index in [0.29, 0.717) is 16.2 Å². The largest absolute Gasteiger partial charge is 0.462 e. The zero-order valence-electron chi connectivity index (χ0n) is 12.9. The second kappa shape index (κ2) is 6.36. The topological polar surface area (TPSA) is 85.6 Å².